The first kappa shape index (κ1) is 37.5. The number of amides is 1. The van der Waals surface area contributed by atoms with Crippen LogP contribution in [0.2, 0.25) is 0 Å². The zero-order valence-electron chi connectivity index (χ0n) is 22.9. The number of aliphatic carboxylic acids is 1. The standard InChI is InChI=1S/C23H41NO19/c1-7(28)24-8(3-25)19(42-21-18(37)17(36)16(35)12(5-27)41-21)15(34)11(31)6-40-23(22(38)39)2-9(29)13(32)20(43-23)14(33)10(30)4-26/h8-21,25-27,29-37H,2-6H2,1H3,(H,24,28)(H,38,39)/t8-,9-,10+,11+,12+,13+,14+,15-,16-,17-,18+,19+,20+,21+,23+/m0/s1. The number of hydrogen-bond donors (Lipinski definition) is 14. The van der Waals surface area contributed by atoms with E-state index in [2.05, 4.69) is 5.32 Å². The molecule has 0 aromatic heterocycles. The van der Waals surface area contributed by atoms with E-state index in [1.165, 1.54) is 0 Å². The average molecular weight is 636 g/mol. The first-order valence-corrected chi connectivity index (χ1v) is 13.1. The van der Waals surface area contributed by atoms with E-state index >= 15 is 0 Å². The van der Waals surface area contributed by atoms with Crippen LogP contribution >= 0.6 is 0 Å². The van der Waals surface area contributed by atoms with Crippen molar-refractivity contribution in [3.05, 3.63) is 0 Å². The molecule has 0 radical (unpaired) electrons. The maximum Gasteiger partial charge on any atom is 0.364 e. The topological polar surface area (TPSA) is 346 Å². The molecule has 2 aliphatic rings. The molecule has 0 unspecified atom stereocenters. The second-order valence-electron chi connectivity index (χ2n) is 10.3. The lowest BCUT2D eigenvalue weighted by Gasteiger charge is -2.45. The minimum Gasteiger partial charge on any atom is -0.477 e. The molecule has 20 nitrogen and oxygen atoms in total. The van der Waals surface area contributed by atoms with Gasteiger partial charge in [0.2, 0.25) is 5.91 Å². The van der Waals surface area contributed by atoms with Crippen molar-refractivity contribution in [2.75, 3.05) is 26.4 Å². The Kier molecular flexibility index (Phi) is 14.0. The van der Waals surface area contributed by atoms with E-state index < -0.39 is 136 Å². The Hall–Kier alpha value is -1.70. The van der Waals surface area contributed by atoms with Crippen molar-refractivity contribution in [3.63, 3.8) is 0 Å². The van der Waals surface area contributed by atoms with Crippen molar-refractivity contribution < 1.29 is 94.9 Å². The number of carbonyl (C=O) groups excluding carboxylic acids is 1. The largest absolute Gasteiger partial charge is 0.477 e. The number of rotatable bonds is 15. The van der Waals surface area contributed by atoms with Gasteiger partial charge in [0, 0.05) is 13.3 Å². The molecule has 43 heavy (non-hydrogen) atoms. The first-order valence-electron chi connectivity index (χ1n) is 13.1. The van der Waals surface area contributed by atoms with Crippen molar-refractivity contribution in [1.82, 2.24) is 5.32 Å². The van der Waals surface area contributed by atoms with Crippen molar-refractivity contribution >= 4 is 11.9 Å². The molecule has 2 rings (SSSR count). The molecule has 0 bridgehead atoms. The second-order valence-corrected chi connectivity index (χ2v) is 10.3. The van der Waals surface area contributed by atoms with Gasteiger partial charge in [-0.1, -0.05) is 0 Å². The third-order valence-electron chi connectivity index (χ3n) is 7.12. The predicted molar refractivity (Wildman–Crippen MR) is 132 cm³/mol. The predicted octanol–water partition coefficient (Wildman–Crippen LogP) is -8.59. The van der Waals surface area contributed by atoms with Gasteiger partial charge in [-0.2, -0.15) is 0 Å². The molecule has 0 aromatic carbocycles. The number of carboxylic acids is 1. The zero-order chi connectivity index (χ0) is 32.8. The number of hydrogen-bond acceptors (Lipinski definition) is 18. The summed E-state index contributed by atoms with van der Waals surface area (Å²) in [6.45, 7) is -2.98. The SMILES string of the molecule is CC(=O)N[C@@H](CO)[C@@H](O[C@H]1O[C@H](CO)[C@H](O)[C@H](O)[C@H]1O)[C@@H](O)[C@H](O)CO[C@]1(C(=O)O)C[C@H](O)[C@@H](O)[C@H]([C@H](O)[C@H](O)CO)O1. The van der Waals surface area contributed by atoms with Crippen LogP contribution in [-0.4, -0.2) is 196 Å². The Morgan fingerprint density at radius 2 is 1.56 bits per heavy atom. The van der Waals surface area contributed by atoms with Crippen LogP contribution in [0.1, 0.15) is 13.3 Å². The van der Waals surface area contributed by atoms with Crippen molar-refractivity contribution in [3.8, 4) is 0 Å². The molecular formula is C23H41NO19. The summed E-state index contributed by atoms with van der Waals surface area (Å²) in [6, 6.07) is -1.55. The Balaban J connectivity index is 2.30. The number of nitrogens with one attached hydrogen (secondary N) is 1. The Morgan fingerprint density at radius 3 is 2.07 bits per heavy atom. The highest BCUT2D eigenvalue weighted by Gasteiger charge is 2.56. The Labute approximate surface area is 243 Å². The molecule has 1 amide bonds. The van der Waals surface area contributed by atoms with Gasteiger partial charge in [-0.25, -0.2) is 4.79 Å². The monoisotopic (exact) mass is 635 g/mol. The smallest absolute Gasteiger partial charge is 0.364 e. The molecule has 0 spiro atoms. The zero-order valence-corrected chi connectivity index (χ0v) is 22.9. The summed E-state index contributed by atoms with van der Waals surface area (Å²) >= 11 is 0. The molecule has 252 valence electrons. The van der Waals surface area contributed by atoms with E-state index in [9.17, 15) is 70.9 Å². The summed E-state index contributed by atoms with van der Waals surface area (Å²) in [5, 5.41) is 133. The molecular weight excluding hydrogens is 594 g/mol. The Morgan fingerprint density at radius 1 is 0.930 bits per heavy atom. The van der Waals surface area contributed by atoms with Crippen LogP contribution in [0, 0.1) is 0 Å². The van der Waals surface area contributed by atoms with E-state index in [1.807, 2.05) is 0 Å². The quantitative estimate of drug-likeness (QED) is 0.0794. The van der Waals surface area contributed by atoms with E-state index in [-0.39, 0.29) is 0 Å². The fourth-order valence-corrected chi connectivity index (χ4v) is 4.62. The van der Waals surface area contributed by atoms with E-state index in [0.29, 0.717) is 0 Å². The molecule has 20 heteroatoms. The molecule has 15 atom stereocenters. The summed E-state index contributed by atoms with van der Waals surface area (Å²) in [6.07, 6.45) is -26.4. The average Bonchev–Trinajstić information content (AvgIpc) is 2.97. The lowest BCUT2D eigenvalue weighted by Crippen LogP contribution is -2.65. The van der Waals surface area contributed by atoms with Gasteiger partial charge in [-0.3, -0.25) is 4.79 Å². The number of aliphatic hydroxyl groups is 12. The fourth-order valence-electron chi connectivity index (χ4n) is 4.62. The maximum absolute atomic E-state index is 12.1. The van der Waals surface area contributed by atoms with Crippen LogP contribution in [0.15, 0.2) is 0 Å². The number of carboxylic acid groups (broad SMARTS) is 1. The number of ether oxygens (including phenoxy) is 4. The number of aliphatic hydroxyl groups excluding tert-OH is 12. The van der Waals surface area contributed by atoms with Crippen molar-refractivity contribution in [1.29, 1.82) is 0 Å². The van der Waals surface area contributed by atoms with Gasteiger partial charge in [-0.05, 0) is 0 Å². The van der Waals surface area contributed by atoms with Crippen LogP contribution in [0.25, 0.3) is 0 Å². The maximum atomic E-state index is 12.1. The van der Waals surface area contributed by atoms with E-state index in [0.717, 1.165) is 6.92 Å². The molecule has 14 N–H and O–H groups in total. The van der Waals surface area contributed by atoms with Gasteiger partial charge in [-0.15, -0.1) is 0 Å². The highest BCUT2D eigenvalue weighted by atomic mass is 16.7. The molecule has 0 saturated carbocycles. The summed E-state index contributed by atoms with van der Waals surface area (Å²) in [4.78, 5) is 23.9. The van der Waals surface area contributed by atoms with Crippen LogP contribution in [0.5, 0.6) is 0 Å². The van der Waals surface area contributed by atoms with Crippen LogP contribution in [-0.2, 0) is 28.5 Å². The molecule has 0 aliphatic carbocycles. The van der Waals surface area contributed by atoms with Crippen LogP contribution in [0.3, 0.4) is 0 Å². The van der Waals surface area contributed by atoms with Crippen LogP contribution < -0.4 is 5.32 Å². The highest BCUT2D eigenvalue weighted by Crippen LogP contribution is 2.34. The van der Waals surface area contributed by atoms with Gasteiger partial charge in [0.1, 0.15) is 67.1 Å². The molecule has 2 aliphatic heterocycles. The second kappa shape index (κ2) is 16.0. The molecule has 2 fully saturated rings. The third kappa shape index (κ3) is 8.73. The Bertz CT molecular complexity index is 897. The molecule has 2 saturated heterocycles. The summed E-state index contributed by atoms with van der Waals surface area (Å²) in [5.41, 5.74) is 0. The van der Waals surface area contributed by atoms with Gasteiger partial charge in [0.05, 0.1) is 38.6 Å². The summed E-state index contributed by atoms with van der Waals surface area (Å²) < 4.78 is 21.1. The van der Waals surface area contributed by atoms with Gasteiger partial charge in [0.15, 0.2) is 6.29 Å². The summed E-state index contributed by atoms with van der Waals surface area (Å²) in [7, 11) is 0. The minimum atomic E-state index is -2.90. The van der Waals surface area contributed by atoms with Crippen molar-refractivity contribution in [2.24, 2.45) is 0 Å². The van der Waals surface area contributed by atoms with Gasteiger partial charge >= 0.3 is 5.97 Å². The van der Waals surface area contributed by atoms with Gasteiger partial charge in [0.25, 0.3) is 5.79 Å². The molecule has 2 heterocycles. The fraction of sp³-hybridized carbons (Fsp3) is 0.913. The normalized spacial score (nSPS) is 37.5. The van der Waals surface area contributed by atoms with Crippen molar-refractivity contribution in [2.45, 2.75) is 105 Å². The lowest BCUT2D eigenvalue weighted by molar-refractivity contribution is -0.336. The highest BCUT2D eigenvalue weighted by molar-refractivity contribution is 5.76. The van der Waals surface area contributed by atoms with E-state index in [4.69, 9.17) is 24.1 Å². The number of carbonyl (C=O) groups is 2. The third-order valence-corrected chi connectivity index (χ3v) is 7.12. The van der Waals surface area contributed by atoms with Crippen LogP contribution in [0.4, 0.5) is 0 Å². The summed E-state index contributed by atoms with van der Waals surface area (Å²) in [5.74, 6) is -5.60. The molecule has 0 aromatic rings. The van der Waals surface area contributed by atoms with E-state index in [1.54, 1.807) is 0 Å². The minimum absolute atomic E-state index is 0.762. The first-order chi connectivity index (χ1) is 20.0. The van der Waals surface area contributed by atoms with Gasteiger partial charge < -0.3 is 90.6 Å². The lowest BCUT2D eigenvalue weighted by atomic mass is 9.90.